The summed E-state index contributed by atoms with van der Waals surface area (Å²) in [6.07, 6.45) is 1.89. The number of rotatable bonds is 6. The predicted octanol–water partition coefficient (Wildman–Crippen LogP) is 2.53. The fourth-order valence-corrected chi connectivity index (χ4v) is 2.27. The lowest BCUT2D eigenvalue weighted by atomic mass is 10.2. The summed E-state index contributed by atoms with van der Waals surface area (Å²) in [6.45, 7) is 5.65. The predicted molar refractivity (Wildman–Crippen MR) is 85.4 cm³/mol. The van der Waals surface area contributed by atoms with Gasteiger partial charge < -0.3 is 10.2 Å². The van der Waals surface area contributed by atoms with E-state index in [1.807, 2.05) is 29.2 Å². The summed E-state index contributed by atoms with van der Waals surface area (Å²) in [7, 11) is 1.78. The number of benzene rings is 1. The van der Waals surface area contributed by atoms with Gasteiger partial charge in [0.25, 0.3) is 0 Å². The first-order chi connectivity index (χ1) is 10.7. The largest absolute Gasteiger partial charge is 0.325 e. The molecule has 2 rings (SSSR count). The SMILES string of the molecule is CCCN(CCC)C(=O)Nc1cccc(-c2nnnn2C)c1. The number of tetrazole rings is 1. The first kappa shape index (κ1) is 15.9. The van der Waals surface area contributed by atoms with Crippen LogP contribution in [0.5, 0.6) is 0 Å². The van der Waals surface area contributed by atoms with Gasteiger partial charge in [0.2, 0.25) is 0 Å². The van der Waals surface area contributed by atoms with Gasteiger partial charge in [-0.15, -0.1) is 5.10 Å². The highest BCUT2D eigenvalue weighted by Crippen LogP contribution is 2.19. The molecule has 2 aromatic rings. The van der Waals surface area contributed by atoms with Crippen LogP contribution in [0, 0.1) is 0 Å². The molecule has 7 heteroatoms. The van der Waals surface area contributed by atoms with Gasteiger partial charge in [0.05, 0.1) is 0 Å². The van der Waals surface area contributed by atoms with Crippen LogP contribution >= 0.6 is 0 Å². The van der Waals surface area contributed by atoms with Gasteiger partial charge in [-0.25, -0.2) is 9.48 Å². The van der Waals surface area contributed by atoms with Crippen molar-refractivity contribution in [2.24, 2.45) is 7.05 Å². The lowest BCUT2D eigenvalue weighted by molar-refractivity contribution is 0.211. The van der Waals surface area contributed by atoms with E-state index in [0.29, 0.717) is 5.82 Å². The minimum Gasteiger partial charge on any atom is -0.325 e. The van der Waals surface area contributed by atoms with E-state index in [-0.39, 0.29) is 6.03 Å². The smallest absolute Gasteiger partial charge is 0.321 e. The maximum absolute atomic E-state index is 12.3. The Balaban J connectivity index is 2.13. The molecule has 0 saturated heterocycles. The van der Waals surface area contributed by atoms with E-state index in [9.17, 15) is 4.79 Å². The van der Waals surface area contributed by atoms with E-state index < -0.39 is 0 Å². The van der Waals surface area contributed by atoms with Crippen LogP contribution in [0.25, 0.3) is 11.4 Å². The van der Waals surface area contributed by atoms with Crippen molar-refractivity contribution in [2.75, 3.05) is 18.4 Å². The maximum Gasteiger partial charge on any atom is 0.321 e. The second kappa shape index (κ2) is 7.53. The summed E-state index contributed by atoms with van der Waals surface area (Å²) in [5.74, 6) is 0.662. The maximum atomic E-state index is 12.3. The highest BCUT2D eigenvalue weighted by Gasteiger charge is 2.12. The summed E-state index contributed by atoms with van der Waals surface area (Å²) in [6, 6.07) is 7.46. The zero-order valence-corrected chi connectivity index (χ0v) is 13.3. The summed E-state index contributed by atoms with van der Waals surface area (Å²) < 4.78 is 1.60. The van der Waals surface area contributed by atoms with Crippen molar-refractivity contribution in [1.29, 1.82) is 0 Å². The molecule has 0 unspecified atom stereocenters. The topological polar surface area (TPSA) is 75.9 Å². The van der Waals surface area contributed by atoms with Gasteiger partial charge in [-0.3, -0.25) is 0 Å². The molecule has 0 aliphatic rings. The quantitative estimate of drug-likeness (QED) is 0.889. The van der Waals surface area contributed by atoms with Crippen LogP contribution in [0.1, 0.15) is 26.7 Å². The second-order valence-electron chi connectivity index (χ2n) is 5.12. The zero-order valence-electron chi connectivity index (χ0n) is 13.3. The van der Waals surface area contributed by atoms with Crippen molar-refractivity contribution in [2.45, 2.75) is 26.7 Å². The van der Waals surface area contributed by atoms with Gasteiger partial charge >= 0.3 is 6.03 Å². The first-order valence-electron chi connectivity index (χ1n) is 7.54. The van der Waals surface area contributed by atoms with Crippen LogP contribution in [-0.4, -0.2) is 44.2 Å². The van der Waals surface area contributed by atoms with E-state index >= 15 is 0 Å². The molecule has 1 aromatic heterocycles. The van der Waals surface area contributed by atoms with Crippen LogP contribution in [0.3, 0.4) is 0 Å². The summed E-state index contributed by atoms with van der Waals surface area (Å²) in [5, 5.41) is 14.4. The lowest BCUT2D eigenvalue weighted by Gasteiger charge is -2.22. The van der Waals surface area contributed by atoms with Gasteiger partial charge in [0, 0.05) is 31.4 Å². The van der Waals surface area contributed by atoms with Gasteiger partial charge in [0.15, 0.2) is 5.82 Å². The van der Waals surface area contributed by atoms with Gasteiger partial charge in [-0.1, -0.05) is 26.0 Å². The Bertz CT molecular complexity index is 618. The van der Waals surface area contributed by atoms with E-state index in [0.717, 1.165) is 37.2 Å². The number of nitrogens with one attached hydrogen (secondary N) is 1. The zero-order chi connectivity index (χ0) is 15.9. The summed E-state index contributed by atoms with van der Waals surface area (Å²) in [4.78, 5) is 14.2. The van der Waals surface area contributed by atoms with Crippen molar-refractivity contribution in [1.82, 2.24) is 25.1 Å². The molecule has 7 nitrogen and oxygen atoms in total. The minimum absolute atomic E-state index is 0.0723. The fourth-order valence-electron chi connectivity index (χ4n) is 2.27. The highest BCUT2D eigenvalue weighted by atomic mass is 16.2. The lowest BCUT2D eigenvalue weighted by Crippen LogP contribution is -2.36. The Morgan fingerprint density at radius 3 is 2.59 bits per heavy atom. The number of hydrogen-bond acceptors (Lipinski definition) is 4. The number of anilines is 1. The van der Waals surface area contributed by atoms with E-state index in [4.69, 9.17) is 0 Å². The van der Waals surface area contributed by atoms with Crippen LogP contribution < -0.4 is 5.32 Å². The Hall–Kier alpha value is -2.44. The van der Waals surface area contributed by atoms with Crippen LogP contribution in [0.2, 0.25) is 0 Å². The van der Waals surface area contributed by atoms with Crippen LogP contribution in [0.15, 0.2) is 24.3 Å². The van der Waals surface area contributed by atoms with Gasteiger partial charge in [-0.2, -0.15) is 0 Å². The first-order valence-corrected chi connectivity index (χ1v) is 7.54. The molecule has 0 aliphatic carbocycles. The molecule has 0 fully saturated rings. The van der Waals surface area contributed by atoms with Gasteiger partial charge in [0.1, 0.15) is 0 Å². The normalized spacial score (nSPS) is 10.5. The Kier molecular flexibility index (Phi) is 5.46. The van der Waals surface area contributed by atoms with Crippen molar-refractivity contribution in [3.63, 3.8) is 0 Å². The van der Waals surface area contributed by atoms with Crippen molar-refractivity contribution < 1.29 is 4.79 Å². The number of amides is 2. The standard InChI is InChI=1S/C15H22N6O/c1-4-9-21(10-5-2)15(22)16-13-8-6-7-12(11-13)14-17-18-19-20(14)3/h6-8,11H,4-5,9-10H2,1-3H3,(H,16,22). The summed E-state index contributed by atoms with van der Waals surface area (Å²) in [5.41, 5.74) is 1.60. The molecule has 0 saturated carbocycles. The van der Waals surface area contributed by atoms with E-state index in [1.165, 1.54) is 0 Å². The number of aromatic nitrogens is 4. The number of carbonyl (C=O) groups excluding carboxylic acids is 1. The van der Waals surface area contributed by atoms with Crippen molar-refractivity contribution >= 4 is 11.7 Å². The summed E-state index contributed by atoms with van der Waals surface area (Å²) >= 11 is 0. The third-order valence-electron chi connectivity index (χ3n) is 3.27. The highest BCUT2D eigenvalue weighted by molar-refractivity contribution is 5.90. The molecule has 1 aromatic carbocycles. The molecule has 22 heavy (non-hydrogen) atoms. The molecule has 2 amide bonds. The van der Waals surface area contributed by atoms with E-state index in [2.05, 4.69) is 34.7 Å². The molecule has 0 bridgehead atoms. The third kappa shape index (κ3) is 3.81. The Morgan fingerprint density at radius 1 is 1.27 bits per heavy atom. The molecule has 0 atom stereocenters. The van der Waals surface area contributed by atoms with Crippen molar-refractivity contribution in [3.8, 4) is 11.4 Å². The van der Waals surface area contributed by atoms with Crippen LogP contribution in [0.4, 0.5) is 10.5 Å². The Morgan fingerprint density at radius 2 is 2.00 bits per heavy atom. The van der Waals surface area contributed by atoms with E-state index in [1.54, 1.807) is 11.7 Å². The fraction of sp³-hybridized carbons (Fsp3) is 0.467. The molecule has 0 spiro atoms. The van der Waals surface area contributed by atoms with Crippen molar-refractivity contribution in [3.05, 3.63) is 24.3 Å². The monoisotopic (exact) mass is 302 g/mol. The third-order valence-corrected chi connectivity index (χ3v) is 3.27. The number of hydrogen-bond donors (Lipinski definition) is 1. The average Bonchev–Trinajstić information content (AvgIpc) is 2.93. The minimum atomic E-state index is -0.0723. The second-order valence-corrected chi connectivity index (χ2v) is 5.12. The molecule has 0 aliphatic heterocycles. The average molecular weight is 302 g/mol. The Labute approximate surface area is 130 Å². The van der Waals surface area contributed by atoms with Gasteiger partial charge in [-0.05, 0) is 35.4 Å². The van der Waals surface area contributed by atoms with Crippen LogP contribution in [-0.2, 0) is 7.05 Å². The molecule has 1 heterocycles. The number of urea groups is 1. The molecule has 118 valence electrons. The molecule has 0 radical (unpaired) electrons. The molecular formula is C15H22N6O. The number of aryl methyl sites for hydroxylation is 1. The number of nitrogens with zero attached hydrogens (tertiary/aromatic N) is 5. The number of carbonyl (C=O) groups is 1. The molecular weight excluding hydrogens is 280 g/mol. The molecule has 1 N–H and O–H groups in total.